The van der Waals surface area contributed by atoms with Crippen LogP contribution in [0.1, 0.15) is 28.7 Å². The average Bonchev–Trinajstić information content (AvgIpc) is 2.50. The molecule has 0 saturated carbocycles. The Morgan fingerprint density at radius 3 is 2.69 bits per heavy atom. The predicted molar refractivity (Wildman–Crippen MR) is 71.9 cm³/mol. The highest BCUT2D eigenvalue weighted by Gasteiger charge is 2.10. The SMILES string of the molecule is Cc1ncsc1C(=O)NCCC(C)N.Cl.Cl. The average molecular weight is 286 g/mol. The van der Waals surface area contributed by atoms with Crippen LogP contribution in [-0.2, 0) is 0 Å². The van der Waals surface area contributed by atoms with Crippen molar-refractivity contribution in [2.24, 2.45) is 5.73 Å². The highest BCUT2D eigenvalue weighted by atomic mass is 35.5. The number of nitrogens with one attached hydrogen (secondary N) is 1. The van der Waals surface area contributed by atoms with Gasteiger partial charge in [-0.2, -0.15) is 0 Å². The second-order valence-corrected chi connectivity index (χ2v) is 4.14. The van der Waals surface area contributed by atoms with E-state index in [-0.39, 0.29) is 36.8 Å². The largest absolute Gasteiger partial charge is 0.351 e. The Kier molecular flexibility index (Phi) is 9.86. The van der Waals surface area contributed by atoms with Crippen LogP contribution in [0.3, 0.4) is 0 Å². The van der Waals surface area contributed by atoms with Gasteiger partial charge in [0.2, 0.25) is 0 Å². The first-order chi connectivity index (χ1) is 6.61. The van der Waals surface area contributed by atoms with E-state index in [2.05, 4.69) is 10.3 Å². The number of hydrogen-bond acceptors (Lipinski definition) is 4. The third-order valence-electron chi connectivity index (χ3n) is 1.84. The maximum absolute atomic E-state index is 11.5. The van der Waals surface area contributed by atoms with Crippen LogP contribution in [0.15, 0.2) is 5.51 Å². The molecule has 0 fully saturated rings. The van der Waals surface area contributed by atoms with Crippen molar-refractivity contribution in [3.05, 3.63) is 16.1 Å². The van der Waals surface area contributed by atoms with Crippen LogP contribution in [0.4, 0.5) is 0 Å². The topological polar surface area (TPSA) is 68.0 Å². The molecular formula is C9H17Cl2N3OS. The van der Waals surface area contributed by atoms with E-state index in [9.17, 15) is 4.79 Å². The van der Waals surface area contributed by atoms with Crippen molar-refractivity contribution in [1.29, 1.82) is 0 Å². The summed E-state index contributed by atoms with van der Waals surface area (Å²) in [5.74, 6) is -0.0503. The van der Waals surface area contributed by atoms with E-state index in [0.717, 1.165) is 12.1 Å². The van der Waals surface area contributed by atoms with Crippen LogP contribution < -0.4 is 11.1 Å². The van der Waals surface area contributed by atoms with Crippen LogP contribution in [0.5, 0.6) is 0 Å². The van der Waals surface area contributed by atoms with Gasteiger partial charge in [-0.15, -0.1) is 36.2 Å². The zero-order valence-corrected chi connectivity index (χ0v) is 11.7. The molecule has 1 heterocycles. The fourth-order valence-electron chi connectivity index (χ4n) is 1.01. The second-order valence-electron chi connectivity index (χ2n) is 3.29. The van der Waals surface area contributed by atoms with Crippen molar-refractivity contribution in [2.45, 2.75) is 26.3 Å². The lowest BCUT2D eigenvalue weighted by atomic mass is 10.2. The first kappa shape index (κ1) is 18.0. The van der Waals surface area contributed by atoms with E-state index < -0.39 is 0 Å². The number of aryl methyl sites for hydroxylation is 1. The summed E-state index contributed by atoms with van der Waals surface area (Å²) in [5.41, 5.74) is 8.03. The van der Waals surface area contributed by atoms with Crippen molar-refractivity contribution < 1.29 is 4.79 Å². The van der Waals surface area contributed by atoms with Crippen molar-refractivity contribution in [1.82, 2.24) is 10.3 Å². The quantitative estimate of drug-likeness (QED) is 0.886. The lowest BCUT2D eigenvalue weighted by Gasteiger charge is -2.06. The molecule has 0 bridgehead atoms. The summed E-state index contributed by atoms with van der Waals surface area (Å²) in [4.78, 5) is 16.2. The normalized spacial score (nSPS) is 10.9. The fourth-order valence-corrected chi connectivity index (χ4v) is 1.73. The van der Waals surface area contributed by atoms with Gasteiger partial charge in [0.25, 0.3) is 5.91 Å². The summed E-state index contributed by atoms with van der Waals surface area (Å²) >= 11 is 1.36. The highest BCUT2D eigenvalue weighted by Crippen LogP contribution is 2.11. The van der Waals surface area contributed by atoms with E-state index in [4.69, 9.17) is 5.73 Å². The molecule has 4 nitrogen and oxygen atoms in total. The molecular weight excluding hydrogens is 269 g/mol. The van der Waals surface area contributed by atoms with Gasteiger partial charge in [-0.25, -0.2) is 4.98 Å². The molecule has 16 heavy (non-hydrogen) atoms. The van der Waals surface area contributed by atoms with Gasteiger partial charge in [0.05, 0.1) is 11.2 Å². The van der Waals surface area contributed by atoms with E-state index in [1.807, 2.05) is 13.8 Å². The minimum Gasteiger partial charge on any atom is -0.351 e. The number of hydrogen-bond donors (Lipinski definition) is 2. The molecule has 0 aliphatic carbocycles. The third-order valence-corrected chi connectivity index (χ3v) is 2.76. The van der Waals surface area contributed by atoms with Crippen LogP contribution >= 0.6 is 36.2 Å². The standard InChI is InChI=1S/C9H15N3OS.2ClH/c1-6(10)3-4-11-9(13)8-7(2)12-5-14-8;;/h5-6H,3-4,10H2,1-2H3,(H,11,13);2*1H. The third kappa shape index (κ3) is 5.65. The Balaban J connectivity index is 0. The molecule has 0 aromatic carbocycles. The Bertz CT molecular complexity index is 317. The molecule has 1 amide bonds. The summed E-state index contributed by atoms with van der Waals surface area (Å²) in [5, 5.41) is 2.81. The van der Waals surface area contributed by atoms with Crippen molar-refractivity contribution >= 4 is 42.1 Å². The highest BCUT2D eigenvalue weighted by molar-refractivity contribution is 7.11. The minimum atomic E-state index is -0.0503. The number of aromatic nitrogens is 1. The Hall–Kier alpha value is -0.360. The lowest BCUT2D eigenvalue weighted by molar-refractivity contribution is 0.0956. The molecule has 1 aromatic heterocycles. The summed E-state index contributed by atoms with van der Waals surface area (Å²) in [6, 6.07) is 0.123. The van der Waals surface area contributed by atoms with Crippen LogP contribution in [-0.4, -0.2) is 23.5 Å². The summed E-state index contributed by atoms with van der Waals surface area (Å²) < 4.78 is 0. The molecule has 3 N–H and O–H groups in total. The number of carbonyl (C=O) groups excluding carboxylic acids is 1. The molecule has 0 aliphatic heterocycles. The van der Waals surface area contributed by atoms with Gasteiger partial charge in [-0.1, -0.05) is 0 Å². The van der Waals surface area contributed by atoms with Crippen LogP contribution in [0.25, 0.3) is 0 Å². The van der Waals surface area contributed by atoms with Gasteiger partial charge < -0.3 is 11.1 Å². The molecule has 1 rings (SSSR count). The zero-order valence-electron chi connectivity index (χ0n) is 9.23. The Morgan fingerprint density at radius 2 is 2.25 bits per heavy atom. The summed E-state index contributed by atoms with van der Waals surface area (Å²) in [6.45, 7) is 4.37. The van der Waals surface area contributed by atoms with Gasteiger partial charge in [-0.05, 0) is 20.3 Å². The van der Waals surface area contributed by atoms with Gasteiger partial charge in [0.1, 0.15) is 4.88 Å². The van der Waals surface area contributed by atoms with E-state index in [1.54, 1.807) is 5.51 Å². The molecule has 7 heteroatoms. The lowest BCUT2D eigenvalue weighted by Crippen LogP contribution is -2.28. The molecule has 94 valence electrons. The number of nitrogens with two attached hydrogens (primary N) is 1. The molecule has 1 atom stereocenters. The molecule has 0 radical (unpaired) electrons. The fraction of sp³-hybridized carbons (Fsp3) is 0.556. The van der Waals surface area contributed by atoms with Crippen molar-refractivity contribution in [2.75, 3.05) is 6.54 Å². The smallest absolute Gasteiger partial charge is 0.263 e. The summed E-state index contributed by atoms with van der Waals surface area (Å²) in [6.07, 6.45) is 0.795. The number of rotatable bonds is 4. The molecule has 0 aliphatic rings. The second kappa shape index (κ2) is 8.75. The number of thiazole rings is 1. The summed E-state index contributed by atoms with van der Waals surface area (Å²) in [7, 11) is 0. The van der Waals surface area contributed by atoms with E-state index in [1.165, 1.54) is 11.3 Å². The maximum Gasteiger partial charge on any atom is 0.263 e. The van der Waals surface area contributed by atoms with Gasteiger partial charge in [-0.3, -0.25) is 4.79 Å². The van der Waals surface area contributed by atoms with Crippen molar-refractivity contribution in [3.8, 4) is 0 Å². The van der Waals surface area contributed by atoms with Gasteiger partial charge in [0, 0.05) is 12.6 Å². The Labute approximate surface area is 112 Å². The van der Waals surface area contributed by atoms with Crippen LogP contribution in [0.2, 0.25) is 0 Å². The van der Waals surface area contributed by atoms with Gasteiger partial charge in [0.15, 0.2) is 0 Å². The number of amides is 1. The first-order valence-corrected chi connectivity index (χ1v) is 5.43. The van der Waals surface area contributed by atoms with Crippen LogP contribution in [0, 0.1) is 6.92 Å². The number of carbonyl (C=O) groups is 1. The monoisotopic (exact) mass is 285 g/mol. The first-order valence-electron chi connectivity index (χ1n) is 4.55. The predicted octanol–water partition coefficient (Wildman–Crippen LogP) is 1.76. The minimum absolute atomic E-state index is 0. The maximum atomic E-state index is 11.5. The van der Waals surface area contributed by atoms with E-state index >= 15 is 0 Å². The number of nitrogens with zero attached hydrogens (tertiary/aromatic N) is 1. The number of halogens is 2. The molecule has 1 unspecified atom stereocenters. The zero-order chi connectivity index (χ0) is 10.6. The molecule has 0 spiro atoms. The van der Waals surface area contributed by atoms with Gasteiger partial charge >= 0.3 is 0 Å². The van der Waals surface area contributed by atoms with Crippen molar-refractivity contribution in [3.63, 3.8) is 0 Å². The Morgan fingerprint density at radius 1 is 1.62 bits per heavy atom. The molecule has 1 aromatic rings. The molecule has 0 saturated heterocycles. The van der Waals surface area contributed by atoms with E-state index in [0.29, 0.717) is 11.4 Å².